The molecule has 5 nitrogen and oxygen atoms in total. The molecule has 0 aromatic heterocycles. The summed E-state index contributed by atoms with van der Waals surface area (Å²) in [7, 11) is -3.03. The molecule has 7 heteroatoms. The summed E-state index contributed by atoms with van der Waals surface area (Å²) in [5.41, 5.74) is 0.592. The minimum Gasteiger partial charge on any atom is -0.339 e. The topological polar surface area (TPSA) is 78.3 Å². The predicted octanol–water partition coefficient (Wildman–Crippen LogP) is 1.02. The Hall–Kier alpha value is -1.34. The molecular formula is C13H14N2O3S2. The standard InChI is InChI=1S/C13H14N2O3S2/c14-13-15(6-11(16)9-4-2-1-3-5-9)10-7-20(17,18)8-12(10)19-13/h1-5,10,12,14H,6-8H2. The highest BCUT2D eigenvalue weighted by molar-refractivity contribution is 8.15. The maximum absolute atomic E-state index is 12.2. The van der Waals surface area contributed by atoms with Crippen molar-refractivity contribution in [1.82, 2.24) is 4.90 Å². The fourth-order valence-corrected chi connectivity index (χ4v) is 6.45. The first-order valence-corrected chi connectivity index (χ1v) is 8.97. The van der Waals surface area contributed by atoms with Crippen molar-refractivity contribution in [3.8, 4) is 0 Å². The number of thioether (sulfide) groups is 1. The quantitative estimate of drug-likeness (QED) is 0.843. The first-order chi connectivity index (χ1) is 9.46. The molecule has 3 rings (SSSR count). The lowest BCUT2D eigenvalue weighted by Crippen LogP contribution is -2.40. The molecule has 106 valence electrons. The summed E-state index contributed by atoms with van der Waals surface area (Å²) in [6.45, 7) is 0.0759. The molecule has 20 heavy (non-hydrogen) atoms. The van der Waals surface area contributed by atoms with E-state index in [0.717, 1.165) is 0 Å². The molecule has 2 aliphatic rings. The molecule has 0 spiro atoms. The van der Waals surface area contributed by atoms with Crippen molar-refractivity contribution in [2.45, 2.75) is 11.3 Å². The molecule has 2 saturated heterocycles. The van der Waals surface area contributed by atoms with Crippen LogP contribution in [0.15, 0.2) is 30.3 Å². The molecule has 0 aliphatic carbocycles. The van der Waals surface area contributed by atoms with Crippen molar-refractivity contribution in [1.29, 1.82) is 5.41 Å². The largest absolute Gasteiger partial charge is 0.339 e. The van der Waals surface area contributed by atoms with Gasteiger partial charge in [-0.15, -0.1) is 0 Å². The zero-order valence-electron chi connectivity index (χ0n) is 10.7. The van der Waals surface area contributed by atoms with Crippen molar-refractivity contribution in [3.05, 3.63) is 35.9 Å². The average molecular weight is 310 g/mol. The SMILES string of the molecule is N=C1SC2CS(=O)(=O)CC2N1CC(=O)c1ccccc1. The minimum absolute atomic E-state index is 0.0507. The van der Waals surface area contributed by atoms with E-state index in [1.165, 1.54) is 11.8 Å². The van der Waals surface area contributed by atoms with Crippen LogP contribution in [0.4, 0.5) is 0 Å². The summed E-state index contributed by atoms with van der Waals surface area (Å²) in [5, 5.41) is 8.13. The number of carbonyl (C=O) groups excluding carboxylic acids is 1. The Bertz CT molecular complexity index is 657. The first-order valence-electron chi connectivity index (χ1n) is 6.27. The molecule has 2 fully saturated rings. The second-order valence-corrected chi connectivity index (χ2v) is 8.40. The number of amidine groups is 1. The molecule has 2 unspecified atom stereocenters. The number of rotatable bonds is 3. The number of Topliss-reactive ketones (excluding diaryl/α,β-unsaturated/α-hetero) is 1. The number of ketones is 1. The molecule has 2 heterocycles. The molecule has 0 bridgehead atoms. The van der Waals surface area contributed by atoms with Gasteiger partial charge in [-0.1, -0.05) is 42.1 Å². The van der Waals surface area contributed by atoms with Crippen LogP contribution >= 0.6 is 11.8 Å². The molecule has 2 aliphatic heterocycles. The van der Waals surface area contributed by atoms with Gasteiger partial charge in [0.05, 0.1) is 24.1 Å². The van der Waals surface area contributed by atoms with Gasteiger partial charge in [0, 0.05) is 10.8 Å². The van der Waals surface area contributed by atoms with Crippen molar-refractivity contribution in [3.63, 3.8) is 0 Å². The van der Waals surface area contributed by atoms with Crippen LogP contribution in [0.5, 0.6) is 0 Å². The number of nitrogens with zero attached hydrogens (tertiary/aromatic N) is 1. The third-order valence-electron chi connectivity index (χ3n) is 3.61. The Kier molecular flexibility index (Phi) is 3.33. The molecule has 1 aromatic rings. The molecule has 1 N–H and O–H groups in total. The van der Waals surface area contributed by atoms with Gasteiger partial charge in [0.2, 0.25) is 0 Å². The molecule has 1 aromatic carbocycles. The highest BCUT2D eigenvalue weighted by Gasteiger charge is 2.48. The van der Waals surface area contributed by atoms with Gasteiger partial charge in [0.25, 0.3) is 0 Å². The second kappa shape index (κ2) is 4.89. The van der Waals surface area contributed by atoms with Crippen LogP contribution in [0.3, 0.4) is 0 Å². The van der Waals surface area contributed by atoms with Crippen LogP contribution in [0.1, 0.15) is 10.4 Å². The number of fused-ring (bicyclic) bond motifs is 1. The first kappa shape index (κ1) is 13.6. The Morgan fingerprint density at radius 3 is 2.70 bits per heavy atom. The molecule has 0 amide bonds. The van der Waals surface area contributed by atoms with E-state index in [9.17, 15) is 13.2 Å². The van der Waals surface area contributed by atoms with Gasteiger partial charge in [-0.05, 0) is 0 Å². The van der Waals surface area contributed by atoms with Crippen LogP contribution in [0.25, 0.3) is 0 Å². The summed E-state index contributed by atoms with van der Waals surface area (Å²) in [6.07, 6.45) is 0. The molecule has 2 atom stereocenters. The Balaban J connectivity index is 1.77. The van der Waals surface area contributed by atoms with Crippen LogP contribution < -0.4 is 0 Å². The number of hydrogen-bond acceptors (Lipinski definition) is 5. The molecule has 0 radical (unpaired) electrons. The Morgan fingerprint density at radius 2 is 2.00 bits per heavy atom. The van der Waals surface area contributed by atoms with E-state index in [0.29, 0.717) is 10.7 Å². The van der Waals surface area contributed by atoms with E-state index < -0.39 is 9.84 Å². The number of nitrogens with one attached hydrogen (secondary N) is 1. The molecule has 0 saturated carbocycles. The predicted molar refractivity (Wildman–Crippen MR) is 79.0 cm³/mol. The van der Waals surface area contributed by atoms with E-state index in [1.54, 1.807) is 29.2 Å². The van der Waals surface area contributed by atoms with Crippen LogP contribution in [0, 0.1) is 5.41 Å². The lowest BCUT2D eigenvalue weighted by atomic mass is 10.1. The highest BCUT2D eigenvalue weighted by atomic mass is 32.2. The number of carbonyl (C=O) groups is 1. The Labute approximate surface area is 121 Å². The van der Waals surface area contributed by atoms with Gasteiger partial charge in [-0.2, -0.15) is 0 Å². The summed E-state index contributed by atoms with van der Waals surface area (Å²) < 4.78 is 23.3. The number of sulfone groups is 1. The van der Waals surface area contributed by atoms with Gasteiger partial charge >= 0.3 is 0 Å². The lowest BCUT2D eigenvalue weighted by Gasteiger charge is -2.22. The monoisotopic (exact) mass is 310 g/mol. The average Bonchev–Trinajstić information content (AvgIpc) is 2.84. The number of benzene rings is 1. The van der Waals surface area contributed by atoms with Gasteiger partial charge in [0.1, 0.15) is 0 Å². The second-order valence-electron chi connectivity index (χ2n) is 5.02. The van der Waals surface area contributed by atoms with Gasteiger partial charge in [-0.25, -0.2) is 8.42 Å². The summed E-state index contributed by atoms with van der Waals surface area (Å²) in [6, 6.07) is 8.66. The fraction of sp³-hybridized carbons (Fsp3) is 0.385. The zero-order valence-corrected chi connectivity index (χ0v) is 12.3. The third-order valence-corrected chi connectivity index (χ3v) is 6.77. The normalized spacial score (nSPS) is 27.6. The lowest BCUT2D eigenvalue weighted by molar-refractivity contribution is 0.0955. The minimum atomic E-state index is -3.03. The summed E-state index contributed by atoms with van der Waals surface area (Å²) in [5.74, 6) is 0.0801. The number of hydrogen-bond donors (Lipinski definition) is 1. The van der Waals surface area contributed by atoms with Crippen LogP contribution in [-0.2, 0) is 9.84 Å². The van der Waals surface area contributed by atoms with Gasteiger partial charge in [0.15, 0.2) is 20.8 Å². The van der Waals surface area contributed by atoms with E-state index >= 15 is 0 Å². The maximum atomic E-state index is 12.2. The smallest absolute Gasteiger partial charge is 0.182 e. The van der Waals surface area contributed by atoms with Crippen molar-refractivity contribution >= 4 is 32.6 Å². The summed E-state index contributed by atoms with van der Waals surface area (Å²) in [4.78, 5) is 13.8. The van der Waals surface area contributed by atoms with E-state index in [4.69, 9.17) is 5.41 Å². The van der Waals surface area contributed by atoms with Crippen molar-refractivity contribution < 1.29 is 13.2 Å². The highest BCUT2D eigenvalue weighted by Crippen LogP contribution is 2.37. The van der Waals surface area contributed by atoms with Crippen molar-refractivity contribution in [2.24, 2.45) is 0 Å². The van der Waals surface area contributed by atoms with Gasteiger partial charge < -0.3 is 4.90 Å². The maximum Gasteiger partial charge on any atom is 0.182 e. The fourth-order valence-electron chi connectivity index (χ4n) is 2.62. The van der Waals surface area contributed by atoms with Gasteiger partial charge in [-0.3, -0.25) is 10.2 Å². The Morgan fingerprint density at radius 1 is 1.30 bits per heavy atom. The third kappa shape index (κ3) is 2.47. The van der Waals surface area contributed by atoms with E-state index in [-0.39, 0.29) is 35.1 Å². The van der Waals surface area contributed by atoms with Crippen LogP contribution in [-0.4, -0.2) is 53.6 Å². The van der Waals surface area contributed by atoms with Crippen LogP contribution in [0.2, 0.25) is 0 Å². The van der Waals surface area contributed by atoms with E-state index in [2.05, 4.69) is 0 Å². The molecular weight excluding hydrogens is 296 g/mol. The summed E-state index contributed by atoms with van der Waals surface area (Å²) >= 11 is 1.26. The van der Waals surface area contributed by atoms with E-state index in [1.807, 2.05) is 6.07 Å². The zero-order chi connectivity index (χ0) is 14.3. The van der Waals surface area contributed by atoms with Crippen molar-refractivity contribution in [2.75, 3.05) is 18.1 Å².